The molecule has 0 amide bonds. The molecule has 15 heavy (non-hydrogen) atoms. The predicted molar refractivity (Wildman–Crippen MR) is 57.2 cm³/mol. The lowest BCUT2D eigenvalue weighted by Crippen LogP contribution is -2.15. The molecule has 1 N–H and O–H groups in total. The fourth-order valence-corrected chi connectivity index (χ4v) is 2.15. The van der Waals surface area contributed by atoms with Gasteiger partial charge in [-0.1, -0.05) is 15.9 Å². The van der Waals surface area contributed by atoms with Crippen molar-refractivity contribution in [2.24, 2.45) is 5.92 Å². The number of carboxylic acid groups (broad SMARTS) is 1. The second-order valence-electron chi connectivity index (χ2n) is 3.82. The summed E-state index contributed by atoms with van der Waals surface area (Å²) in [5, 5.41) is 9.07. The topological polar surface area (TPSA) is 37.3 Å². The number of benzene rings is 1. The molecule has 1 saturated carbocycles. The van der Waals surface area contributed by atoms with E-state index in [1.807, 2.05) is 0 Å². The molecular weight excluding hydrogens is 263 g/mol. The van der Waals surface area contributed by atoms with E-state index in [2.05, 4.69) is 15.9 Å². The van der Waals surface area contributed by atoms with E-state index in [4.69, 9.17) is 5.11 Å². The average molecular weight is 273 g/mol. The molecule has 1 aromatic carbocycles. The molecule has 0 radical (unpaired) electrons. The predicted octanol–water partition coefficient (Wildman–Crippen LogP) is 3.17. The highest BCUT2D eigenvalue weighted by Gasteiger charge is 2.38. The Balaban J connectivity index is 2.40. The van der Waals surface area contributed by atoms with Gasteiger partial charge in [-0.05, 0) is 37.0 Å². The first-order valence-electron chi connectivity index (χ1n) is 4.77. The van der Waals surface area contributed by atoms with Crippen LogP contribution < -0.4 is 0 Å². The van der Waals surface area contributed by atoms with E-state index in [0.717, 1.165) is 12.8 Å². The molecule has 1 atom stereocenters. The summed E-state index contributed by atoms with van der Waals surface area (Å²) in [7, 11) is 0. The molecule has 1 aliphatic carbocycles. The molecule has 0 spiro atoms. The Bertz CT molecular complexity index is 402. The van der Waals surface area contributed by atoms with Crippen LogP contribution in [0.3, 0.4) is 0 Å². The van der Waals surface area contributed by atoms with E-state index in [1.165, 1.54) is 6.07 Å². The number of carbonyl (C=O) groups is 1. The Kier molecular flexibility index (Phi) is 2.78. The summed E-state index contributed by atoms with van der Waals surface area (Å²) in [6, 6.07) is 4.44. The van der Waals surface area contributed by atoms with Gasteiger partial charge in [-0.2, -0.15) is 0 Å². The van der Waals surface area contributed by atoms with Gasteiger partial charge in [-0.25, -0.2) is 4.39 Å². The van der Waals surface area contributed by atoms with Crippen molar-refractivity contribution in [3.05, 3.63) is 34.1 Å². The second kappa shape index (κ2) is 3.93. The van der Waals surface area contributed by atoms with Gasteiger partial charge in [0.2, 0.25) is 0 Å². The maximum atomic E-state index is 13.5. The van der Waals surface area contributed by atoms with E-state index in [1.54, 1.807) is 12.1 Å². The number of hydrogen-bond acceptors (Lipinski definition) is 1. The number of aliphatic carboxylic acids is 1. The molecule has 0 bridgehead atoms. The number of carboxylic acids is 1. The Morgan fingerprint density at radius 2 is 2.20 bits per heavy atom. The molecule has 4 heteroatoms. The van der Waals surface area contributed by atoms with E-state index in [9.17, 15) is 9.18 Å². The van der Waals surface area contributed by atoms with Gasteiger partial charge in [0.05, 0.1) is 5.92 Å². The van der Waals surface area contributed by atoms with Gasteiger partial charge in [-0.15, -0.1) is 0 Å². The quantitative estimate of drug-likeness (QED) is 0.918. The van der Waals surface area contributed by atoms with Gasteiger partial charge >= 0.3 is 5.97 Å². The van der Waals surface area contributed by atoms with Crippen molar-refractivity contribution in [3.8, 4) is 0 Å². The van der Waals surface area contributed by atoms with Crippen molar-refractivity contribution in [1.29, 1.82) is 0 Å². The molecule has 2 rings (SSSR count). The fourth-order valence-electron chi connectivity index (χ4n) is 1.77. The summed E-state index contributed by atoms with van der Waals surface area (Å²) in [6.45, 7) is 0. The van der Waals surface area contributed by atoms with Crippen molar-refractivity contribution in [2.45, 2.75) is 18.8 Å². The van der Waals surface area contributed by atoms with Crippen LogP contribution in [0.25, 0.3) is 0 Å². The summed E-state index contributed by atoms with van der Waals surface area (Å²) >= 11 is 3.22. The normalized spacial score (nSPS) is 17.5. The maximum absolute atomic E-state index is 13.5. The van der Waals surface area contributed by atoms with E-state index < -0.39 is 17.7 Å². The Morgan fingerprint density at radius 1 is 1.53 bits per heavy atom. The highest BCUT2D eigenvalue weighted by atomic mass is 79.9. The van der Waals surface area contributed by atoms with Gasteiger partial charge in [0, 0.05) is 10.0 Å². The third-order valence-electron chi connectivity index (χ3n) is 2.65. The van der Waals surface area contributed by atoms with Crippen molar-refractivity contribution >= 4 is 21.9 Å². The molecule has 1 fully saturated rings. The van der Waals surface area contributed by atoms with Gasteiger partial charge < -0.3 is 5.11 Å². The smallest absolute Gasteiger partial charge is 0.311 e. The SMILES string of the molecule is O=C(O)C(c1cc(Br)ccc1F)C1CC1. The van der Waals surface area contributed by atoms with Crippen LogP contribution in [-0.2, 0) is 4.79 Å². The number of rotatable bonds is 3. The van der Waals surface area contributed by atoms with Gasteiger partial charge in [0.15, 0.2) is 0 Å². The molecule has 0 saturated heterocycles. The molecule has 1 aliphatic rings. The zero-order valence-electron chi connectivity index (χ0n) is 7.91. The van der Waals surface area contributed by atoms with Gasteiger partial charge in [-0.3, -0.25) is 4.79 Å². The van der Waals surface area contributed by atoms with E-state index >= 15 is 0 Å². The minimum Gasteiger partial charge on any atom is -0.481 e. The molecular formula is C11H10BrFO2. The summed E-state index contributed by atoms with van der Waals surface area (Å²) in [4.78, 5) is 11.1. The Hall–Kier alpha value is -0.900. The first kappa shape index (κ1) is 10.6. The second-order valence-corrected chi connectivity index (χ2v) is 4.73. The van der Waals surface area contributed by atoms with Crippen LogP contribution in [0.1, 0.15) is 24.3 Å². The van der Waals surface area contributed by atoms with Crippen LogP contribution >= 0.6 is 15.9 Å². The van der Waals surface area contributed by atoms with Crippen molar-refractivity contribution < 1.29 is 14.3 Å². The molecule has 1 aromatic rings. The van der Waals surface area contributed by atoms with Crippen LogP contribution in [0.2, 0.25) is 0 Å². The zero-order valence-corrected chi connectivity index (χ0v) is 9.50. The van der Waals surface area contributed by atoms with Gasteiger partial charge in [0.25, 0.3) is 0 Å². The zero-order chi connectivity index (χ0) is 11.0. The minimum absolute atomic E-state index is 0.103. The Morgan fingerprint density at radius 3 is 2.73 bits per heavy atom. The Labute approximate surface area is 95.2 Å². The first-order chi connectivity index (χ1) is 7.09. The molecule has 0 heterocycles. The van der Waals surface area contributed by atoms with E-state index in [0.29, 0.717) is 10.0 Å². The molecule has 2 nitrogen and oxygen atoms in total. The fraction of sp³-hybridized carbons (Fsp3) is 0.364. The standard InChI is InChI=1S/C11H10BrFO2/c12-7-3-4-9(13)8(5-7)10(11(14)15)6-1-2-6/h3-6,10H,1-2H2,(H,14,15). The van der Waals surface area contributed by atoms with Gasteiger partial charge in [0.1, 0.15) is 5.82 Å². The van der Waals surface area contributed by atoms with Crippen LogP contribution in [-0.4, -0.2) is 11.1 Å². The van der Waals surface area contributed by atoms with E-state index in [-0.39, 0.29) is 5.92 Å². The molecule has 80 valence electrons. The average Bonchev–Trinajstić information content (AvgIpc) is 2.95. The largest absolute Gasteiger partial charge is 0.481 e. The lowest BCUT2D eigenvalue weighted by molar-refractivity contribution is -0.139. The van der Waals surface area contributed by atoms with Crippen molar-refractivity contribution in [3.63, 3.8) is 0 Å². The maximum Gasteiger partial charge on any atom is 0.311 e. The summed E-state index contributed by atoms with van der Waals surface area (Å²) < 4.78 is 14.2. The third kappa shape index (κ3) is 2.20. The van der Waals surface area contributed by atoms with Crippen LogP contribution in [0.4, 0.5) is 4.39 Å². The highest BCUT2D eigenvalue weighted by molar-refractivity contribution is 9.10. The minimum atomic E-state index is -0.936. The number of halogens is 2. The highest BCUT2D eigenvalue weighted by Crippen LogP contribution is 2.43. The number of hydrogen-bond donors (Lipinski definition) is 1. The summed E-state index contributed by atoms with van der Waals surface area (Å²) in [6.07, 6.45) is 1.76. The van der Waals surface area contributed by atoms with Crippen LogP contribution in [0, 0.1) is 11.7 Å². The van der Waals surface area contributed by atoms with Crippen molar-refractivity contribution in [2.75, 3.05) is 0 Å². The third-order valence-corrected chi connectivity index (χ3v) is 3.15. The molecule has 1 unspecified atom stereocenters. The summed E-state index contributed by atoms with van der Waals surface area (Å²) in [5.41, 5.74) is 0.291. The lowest BCUT2D eigenvalue weighted by atomic mass is 9.94. The first-order valence-corrected chi connectivity index (χ1v) is 5.56. The lowest BCUT2D eigenvalue weighted by Gasteiger charge is -2.12. The van der Waals surface area contributed by atoms with Crippen LogP contribution in [0.15, 0.2) is 22.7 Å². The molecule has 0 aromatic heterocycles. The van der Waals surface area contributed by atoms with Crippen molar-refractivity contribution in [1.82, 2.24) is 0 Å². The molecule has 0 aliphatic heterocycles. The monoisotopic (exact) mass is 272 g/mol. The summed E-state index contributed by atoms with van der Waals surface area (Å²) in [5.74, 6) is -1.96. The van der Waals surface area contributed by atoms with Crippen LogP contribution in [0.5, 0.6) is 0 Å².